The van der Waals surface area contributed by atoms with Crippen molar-refractivity contribution in [3.05, 3.63) is 47.8 Å². The van der Waals surface area contributed by atoms with Gasteiger partial charge in [-0.15, -0.1) is 0 Å². The summed E-state index contributed by atoms with van der Waals surface area (Å²) in [6, 6.07) is 8.18. The molecule has 0 fully saturated rings. The first-order valence-corrected chi connectivity index (χ1v) is 7.05. The second-order valence-corrected chi connectivity index (χ2v) is 5.24. The molecule has 1 aromatic heterocycles. The van der Waals surface area contributed by atoms with Gasteiger partial charge in [0.15, 0.2) is 0 Å². The Hall–Kier alpha value is -2.30. The fourth-order valence-corrected chi connectivity index (χ4v) is 2.22. The van der Waals surface area contributed by atoms with Crippen molar-refractivity contribution in [3.8, 4) is 0 Å². The molecule has 2 aromatic rings. The van der Waals surface area contributed by atoms with Crippen molar-refractivity contribution in [2.24, 2.45) is 7.05 Å². The largest absolute Gasteiger partial charge is 0.481 e. The molecule has 1 aromatic carbocycles. The second-order valence-electron chi connectivity index (χ2n) is 5.24. The van der Waals surface area contributed by atoms with Crippen LogP contribution in [-0.4, -0.2) is 33.9 Å². The smallest absolute Gasteiger partial charge is 0.305 e. The lowest BCUT2D eigenvalue weighted by Crippen LogP contribution is -2.28. The van der Waals surface area contributed by atoms with Crippen molar-refractivity contribution >= 4 is 11.7 Å². The molecule has 0 aliphatic carbocycles. The first kappa shape index (κ1) is 15.1. The van der Waals surface area contributed by atoms with Crippen molar-refractivity contribution in [1.29, 1.82) is 0 Å². The van der Waals surface area contributed by atoms with E-state index in [2.05, 4.69) is 10.00 Å². The number of aryl methyl sites for hydroxylation is 2. The molecule has 0 bridgehead atoms. The number of carboxylic acids is 1. The molecule has 5 nitrogen and oxygen atoms in total. The van der Waals surface area contributed by atoms with Gasteiger partial charge in [0.05, 0.1) is 12.6 Å². The van der Waals surface area contributed by atoms with Crippen LogP contribution in [0.3, 0.4) is 0 Å². The number of benzene rings is 1. The minimum atomic E-state index is -0.770. The van der Waals surface area contributed by atoms with Gasteiger partial charge in [-0.25, -0.2) is 0 Å². The predicted octanol–water partition coefficient (Wildman–Crippen LogP) is 2.25. The Bertz CT molecular complexity index is 590. The molecule has 0 atom stereocenters. The van der Waals surface area contributed by atoms with Crippen molar-refractivity contribution in [1.82, 2.24) is 9.78 Å². The standard InChI is InChI=1S/C16H21N3O2/c1-13-3-5-15(6-4-13)19(10-8-16(20)21)9-7-14-11-17-18(2)12-14/h3-6,11-12H,7-10H2,1-2H3,(H,20,21). The average Bonchev–Trinajstić information content (AvgIpc) is 2.86. The maximum atomic E-state index is 10.8. The number of rotatable bonds is 7. The van der Waals surface area contributed by atoms with E-state index in [0.29, 0.717) is 6.54 Å². The quantitative estimate of drug-likeness (QED) is 0.848. The number of nitrogens with zero attached hydrogens (tertiary/aromatic N) is 3. The van der Waals surface area contributed by atoms with E-state index in [9.17, 15) is 4.79 Å². The van der Waals surface area contributed by atoms with Gasteiger partial charge in [0.2, 0.25) is 0 Å². The minimum absolute atomic E-state index is 0.140. The minimum Gasteiger partial charge on any atom is -0.481 e. The van der Waals surface area contributed by atoms with E-state index in [4.69, 9.17) is 5.11 Å². The lowest BCUT2D eigenvalue weighted by Gasteiger charge is -2.24. The highest BCUT2D eigenvalue weighted by Gasteiger charge is 2.09. The monoisotopic (exact) mass is 287 g/mol. The first-order chi connectivity index (χ1) is 10.0. The number of anilines is 1. The van der Waals surface area contributed by atoms with Crippen molar-refractivity contribution in [2.45, 2.75) is 19.8 Å². The topological polar surface area (TPSA) is 58.4 Å². The Morgan fingerprint density at radius 3 is 2.57 bits per heavy atom. The van der Waals surface area contributed by atoms with Crippen LogP contribution in [0.2, 0.25) is 0 Å². The maximum Gasteiger partial charge on any atom is 0.305 e. The molecule has 0 saturated carbocycles. The van der Waals surface area contributed by atoms with E-state index in [-0.39, 0.29) is 6.42 Å². The van der Waals surface area contributed by atoms with Gasteiger partial charge in [-0.05, 0) is 31.0 Å². The molecule has 0 amide bonds. The zero-order valence-corrected chi connectivity index (χ0v) is 12.5. The molecule has 1 heterocycles. The summed E-state index contributed by atoms with van der Waals surface area (Å²) in [6.45, 7) is 3.34. The van der Waals surface area contributed by atoms with Gasteiger partial charge in [-0.1, -0.05) is 17.7 Å². The highest BCUT2D eigenvalue weighted by molar-refractivity contribution is 5.67. The zero-order chi connectivity index (χ0) is 15.2. The number of hydrogen-bond acceptors (Lipinski definition) is 3. The molecule has 5 heteroatoms. The van der Waals surface area contributed by atoms with E-state index in [1.54, 1.807) is 4.68 Å². The van der Waals surface area contributed by atoms with Crippen molar-refractivity contribution < 1.29 is 9.90 Å². The molecular weight excluding hydrogens is 266 g/mol. The van der Waals surface area contributed by atoms with Gasteiger partial charge < -0.3 is 10.0 Å². The first-order valence-electron chi connectivity index (χ1n) is 7.05. The van der Waals surface area contributed by atoms with Crippen molar-refractivity contribution in [3.63, 3.8) is 0 Å². The SMILES string of the molecule is Cc1ccc(N(CCC(=O)O)CCc2cnn(C)c2)cc1. The van der Waals surface area contributed by atoms with Gasteiger partial charge in [-0.2, -0.15) is 5.10 Å². The fraction of sp³-hybridized carbons (Fsp3) is 0.375. The summed E-state index contributed by atoms with van der Waals surface area (Å²) >= 11 is 0. The number of aromatic nitrogens is 2. The van der Waals surface area contributed by atoms with E-state index in [0.717, 1.165) is 24.2 Å². The Balaban J connectivity index is 2.04. The molecule has 2 rings (SSSR count). The number of hydrogen-bond donors (Lipinski definition) is 1. The van der Waals surface area contributed by atoms with Crippen LogP contribution in [0.25, 0.3) is 0 Å². The van der Waals surface area contributed by atoms with Crippen LogP contribution >= 0.6 is 0 Å². The Morgan fingerprint density at radius 2 is 2.00 bits per heavy atom. The molecule has 0 unspecified atom stereocenters. The third kappa shape index (κ3) is 4.63. The number of aliphatic carboxylic acids is 1. The average molecular weight is 287 g/mol. The van der Waals surface area contributed by atoms with Crippen LogP contribution in [0.1, 0.15) is 17.5 Å². The fourth-order valence-electron chi connectivity index (χ4n) is 2.22. The van der Waals surface area contributed by atoms with Crippen molar-refractivity contribution in [2.75, 3.05) is 18.0 Å². The van der Waals surface area contributed by atoms with E-state index in [1.807, 2.05) is 50.6 Å². The molecule has 0 saturated heterocycles. The van der Waals surface area contributed by atoms with E-state index >= 15 is 0 Å². The summed E-state index contributed by atoms with van der Waals surface area (Å²) in [5.41, 5.74) is 3.42. The highest BCUT2D eigenvalue weighted by Crippen LogP contribution is 2.16. The van der Waals surface area contributed by atoms with Crippen LogP contribution in [0.4, 0.5) is 5.69 Å². The van der Waals surface area contributed by atoms with Crippen LogP contribution in [-0.2, 0) is 18.3 Å². The third-order valence-corrected chi connectivity index (χ3v) is 3.42. The summed E-state index contributed by atoms with van der Waals surface area (Å²) in [6.07, 6.45) is 4.83. The Morgan fingerprint density at radius 1 is 1.29 bits per heavy atom. The molecule has 0 aliphatic rings. The van der Waals surface area contributed by atoms with E-state index < -0.39 is 5.97 Å². The van der Waals surface area contributed by atoms with E-state index in [1.165, 1.54) is 5.56 Å². The number of carboxylic acid groups (broad SMARTS) is 1. The predicted molar refractivity (Wildman–Crippen MR) is 82.6 cm³/mol. The molecule has 0 radical (unpaired) electrons. The number of carbonyl (C=O) groups is 1. The van der Waals surface area contributed by atoms with Crippen LogP contribution < -0.4 is 4.90 Å². The summed E-state index contributed by atoms with van der Waals surface area (Å²) < 4.78 is 1.78. The second kappa shape index (κ2) is 6.92. The Kier molecular flexibility index (Phi) is 4.98. The van der Waals surface area contributed by atoms with Gasteiger partial charge in [0, 0.05) is 32.0 Å². The molecule has 21 heavy (non-hydrogen) atoms. The van der Waals surface area contributed by atoms with Gasteiger partial charge in [0.25, 0.3) is 0 Å². The molecular formula is C16H21N3O2. The zero-order valence-electron chi connectivity index (χ0n) is 12.5. The summed E-state index contributed by atoms with van der Waals surface area (Å²) in [5.74, 6) is -0.770. The third-order valence-electron chi connectivity index (χ3n) is 3.42. The molecule has 112 valence electrons. The van der Waals surface area contributed by atoms with Crippen LogP contribution in [0.15, 0.2) is 36.7 Å². The molecule has 0 spiro atoms. The lowest BCUT2D eigenvalue weighted by molar-refractivity contribution is -0.136. The molecule has 1 N–H and O–H groups in total. The van der Waals surface area contributed by atoms with Gasteiger partial charge >= 0.3 is 5.97 Å². The summed E-state index contributed by atoms with van der Waals surface area (Å²) in [7, 11) is 1.89. The Labute approximate surface area is 124 Å². The van der Waals surface area contributed by atoms with Gasteiger partial charge in [0.1, 0.15) is 0 Å². The lowest BCUT2D eigenvalue weighted by atomic mass is 10.2. The van der Waals surface area contributed by atoms with Gasteiger partial charge in [-0.3, -0.25) is 9.48 Å². The summed E-state index contributed by atoms with van der Waals surface area (Å²) in [5, 5.41) is 13.1. The van der Waals surface area contributed by atoms with Crippen LogP contribution in [0, 0.1) is 6.92 Å². The summed E-state index contributed by atoms with van der Waals surface area (Å²) in [4.78, 5) is 12.9. The molecule has 0 aliphatic heterocycles. The highest BCUT2D eigenvalue weighted by atomic mass is 16.4. The normalized spacial score (nSPS) is 10.6. The van der Waals surface area contributed by atoms with Crippen LogP contribution in [0.5, 0.6) is 0 Å². The maximum absolute atomic E-state index is 10.8.